The molecule has 0 unspecified atom stereocenters. The first kappa shape index (κ1) is 20.2. The van der Waals surface area contributed by atoms with Crippen LogP contribution in [-0.4, -0.2) is 60.8 Å². The van der Waals surface area contributed by atoms with Crippen LogP contribution in [0.25, 0.3) is 10.2 Å². The molecule has 3 aromatic rings. The van der Waals surface area contributed by atoms with Gasteiger partial charge in [0, 0.05) is 49.7 Å². The molecule has 0 aliphatic carbocycles. The van der Waals surface area contributed by atoms with Gasteiger partial charge in [-0.3, -0.25) is 9.69 Å². The Balaban J connectivity index is 1.23. The molecule has 1 saturated heterocycles. The van der Waals surface area contributed by atoms with E-state index in [1.807, 2.05) is 24.3 Å². The van der Waals surface area contributed by atoms with Crippen molar-refractivity contribution in [3.05, 3.63) is 54.1 Å². The molecule has 7 heteroatoms. The van der Waals surface area contributed by atoms with Crippen LogP contribution < -0.4 is 10.2 Å². The first-order chi connectivity index (χ1) is 14.2. The molecule has 4 rings (SSSR count). The van der Waals surface area contributed by atoms with Gasteiger partial charge in [0.25, 0.3) is 5.91 Å². The Morgan fingerprint density at radius 3 is 2.76 bits per heavy atom. The molecule has 5 nitrogen and oxygen atoms in total. The lowest BCUT2D eigenvalue weighted by atomic mass is 10.2. The van der Waals surface area contributed by atoms with Gasteiger partial charge in [0.05, 0.1) is 10.2 Å². The number of amides is 1. The van der Waals surface area contributed by atoms with Crippen molar-refractivity contribution in [2.24, 2.45) is 0 Å². The third-order valence-electron chi connectivity index (χ3n) is 5.05. The fraction of sp³-hybridized carbons (Fsp3) is 0.364. The minimum absolute atomic E-state index is 0.0108. The van der Waals surface area contributed by atoms with Gasteiger partial charge >= 0.3 is 0 Å². The van der Waals surface area contributed by atoms with Crippen LogP contribution in [0, 0.1) is 0 Å². The molecule has 2 aromatic carbocycles. The Bertz CT molecular complexity index is 933. The fourth-order valence-corrected chi connectivity index (χ4v) is 5.22. The monoisotopic (exact) mass is 426 g/mol. The number of piperazine rings is 1. The molecule has 0 saturated carbocycles. The van der Waals surface area contributed by atoms with Gasteiger partial charge < -0.3 is 10.2 Å². The smallest absolute Gasteiger partial charge is 0.251 e. The lowest BCUT2D eigenvalue weighted by molar-refractivity contribution is 0.0947. The molecule has 0 atom stereocenters. The van der Waals surface area contributed by atoms with E-state index in [0.29, 0.717) is 6.54 Å². The van der Waals surface area contributed by atoms with Gasteiger partial charge in [-0.15, -0.1) is 11.8 Å². The molecule has 152 valence electrons. The number of aromatic nitrogens is 1. The number of nitrogens with one attached hydrogen (secondary N) is 1. The summed E-state index contributed by atoms with van der Waals surface area (Å²) in [5.41, 5.74) is 1.82. The van der Waals surface area contributed by atoms with Crippen LogP contribution in [0.15, 0.2) is 53.4 Å². The zero-order valence-electron chi connectivity index (χ0n) is 16.6. The summed E-state index contributed by atoms with van der Waals surface area (Å²) in [7, 11) is 0. The van der Waals surface area contributed by atoms with E-state index < -0.39 is 0 Å². The molecule has 2 heterocycles. The Labute approximate surface area is 180 Å². The molecule has 0 spiro atoms. The number of carbonyl (C=O) groups excluding carboxylic acids is 1. The summed E-state index contributed by atoms with van der Waals surface area (Å²) < 4.78 is 1.24. The molecule has 0 bridgehead atoms. The molecule has 1 aliphatic heterocycles. The van der Waals surface area contributed by atoms with E-state index in [-0.39, 0.29) is 5.91 Å². The molecule has 0 radical (unpaired) electrons. The number of nitrogens with zero attached hydrogens (tertiary/aromatic N) is 3. The van der Waals surface area contributed by atoms with Crippen LogP contribution in [0.4, 0.5) is 5.13 Å². The second-order valence-corrected chi connectivity index (χ2v) is 9.36. The highest BCUT2D eigenvalue weighted by atomic mass is 32.2. The zero-order chi connectivity index (χ0) is 20.1. The number of para-hydroxylation sites is 1. The van der Waals surface area contributed by atoms with Crippen LogP contribution in [0.3, 0.4) is 0 Å². The summed E-state index contributed by atoms with van der Waals surface area (Å²) >= 11 is 3.52. The quantitative estimate of drug-likeness (QED) is 0.580. The summed E-state index contributed by atoms with van der Waals surface area (Å²) in [6, 6.07) is 16.2. The molecular formula is C22H26N4OS2. The highest BCUT2D eigenvalue weighted by Crippen LogP contribution is 2.29. The van der Waals surface area contributed by atoms with Crippen LogP contribution in [-0.2, 0) is 0 Å². The van der Waals surface area contributed by atoms with E-state index >= 15 is 0 Å². The first-order valence-electron chi connectivity index (χ1n) is 10.1. The van der Waals surface area contributed by atoms with Gasteiger partial charge in [0.2, 0.25) is 0 Å². The maximum Gasteiger partial charge on any atom is 0.251 e. The van der Waals surface area contributed by atoms with Crippen molar-refractivity contribution < 1.29 is 4.79 Å². The van der Waals surface area contributed by atoms with Gasteiger partial charge in [0.15, 0.2) is 5.13 Å². The standard InChI is InChI=1S/C22H26N4OS2/c1-2-28-18-7-5-6-17(16-18)21(27)23-10-11-25-12-14-26(15-13-25)22-24-19-8-3-4-9-20(19)29-22/h3-9,16H,2,10-15H2,1H3,(H,23,27). The lowest BCUT2D eigenvalue weighted by Crippen LogP contribution is -2.48. The van der Waals surface area contributed by atoms with Gasteiger partial charge in [-0.2, -0.15) is 0 Å². The van der Waals surface area contributed by atoms with Crippen molar-refractivity contribution in [3.63, 3.8) is 0 Å². The summed E-state index contributed by atoms with van der Waals surface area (Å²) in [4.78, 5) is 23.1. The van der Waals surface area contributed by atoms with Crippen molar-refractivity contribution in [2.45, 2.75) is 11.8 Å². The van der Waals surface area contributed by atoms with Gasteiger partial charge in [-0.05, 0) is 36.1 Å². The van der Waals surface area contributed by atoms with Crippen LogP contribution in [0.5, 0.6) is 0 Å². The van der Waals surface area contributed by atoms with Gasteiger partial charge in [0.1, 0.15) is 0 Å². The Kier molecular flexibility index (Phi) is 6.69. The highest BCUT2D eigenvalue weighted by Gasteiger charge is 2.19. The van der Waals surface area contributed by atoms with Crippen LogP contribution >= 0.6 is 23.1 Å². The first-order valence-corrected chi connectivity index (χ1v) is 11.9. The number of thioether (sulfide) groups is 1. The maximum absolute atomic E-state index is 12.4. The second-order valence-electron chi connectivity index (χ2n) is 7.01. The normalized spacial score (nSPS) is 15.0. The van der Waals surface area contributed by atoms with E-state index in [0.717, 1.165) is 59.6 Å². The minimum atomic E-state index is 0.0108. The molecule has 1 aliphatic rings. The number of carbonyl (C=O) groups is 1. The average Bonchev–Trinajstić information content (AvgIpc) is 3.19. The maximum atomic E-state index is 12.4. The van der Waals surface area contributed by atoms with Crippen molar-refractivity contribution in [3.8, 4) is 0 Å². The molecule has 1 amide bonds. The van der Waals surface area contributed by atoms with Crippen LogP contribution in [0.2, 0.25) is 0 Å². The predicted octanol–water partition coefficient (Wildman–Crippen LogP) is 3.96. The number of rotatable bonds is 7. The number of anilines is 1. The van der Waals surface area contributed by atoms with Crippen molar-refractivity contribution in [1.29, 1.82) is 0 Å². The Hall–Kier alpha value is -2.09. The van der Waals surface area contributed by atoms with Crippen molar-refractivity contribution in [1.82, 2.24) is 15.2 Å². The van der Waals surface area contributed by atoms with Gasteiger partial charge in [-0.1, -0.05) is 36.5 Å². The Morgan fingerprint density at radius 1 is 1.14 bits per heavy atom. The largest absolute Gasteiger partial charge is 0.351 e. The van der Waals surface area contributed by atoms with E-state index in [2.05, 4.69) is 46.3 Å². The van der Waals surface area contributed by atoms with Gasteiger partial charge in [-0.25, -0.2) is 4.98 Å². The number of fused-ring (bicyclic) bond motifs is 1. The Morgan fingerprint density at radius 2 is 1.97 bits per heavy atom. The summed E-state index contributed by atoms with van der Waals surface area (Å²) in [5.74, 6) is 1.02. The predicted molar refractivity (Wildman–Crippen MR) is 123 cm³/mol. The lowest BCUT2D eigenvalue weighted by Gasteiger charge is -2.34. The molecule has 1 N–H and O–H groups in total. The van der Waals surface area contributed by atoms with E-state index in [1.54, 1.807) is 23.1 Å². The average molecular weight is 427 g/mol. The molecule has 1 fully saturated rings. The SMILES string of the molecule is CCSc1cccc(C(=O)NCCN2CCN(c3nc4ccccc4s3)CC2)c1. The van der Waals surface area contributed by atoms with E-state index in [9.17, 15) is 4.79 Å². The summed E-state index contributed by atoms with van der Waals surface area (Å²) in [6.07, 6.45) is 0. The highest BCUT2D eigenvalue weighted by molar-refractivity contribution is 7.99. The molecular weight excluding hydrogens is 400 g/mol. The third-order valence-corrected chi connectivity index (χ3v) is 7.02. The van der Waals surface area contributed by atoms with E-state index in [4.69, 9.17) is 4.98 Å². The van der Waals surface area contributed by atoms with E-state index in [1.165, 1.54) is 4.70 Å². The molecule has 29 heavy (non-hydrogen) atoms. The van der Waals surface area contributed by atoms with Crippen molar-refractivity contribution >= 4 is 44.4 Å². The van der Waals surface area contributed by atoms with Crippen molar-refractivity contribution in [2.75, 3.05) is 49.9 Å². The van der Waals surface area contributed by atoms with Crippen LogP contribution in [0.1, 0.15) is 17.3 Å². The summed E-state index contributed by atoms with van der Waals surface area (Å²) in [6.45, 7) is 7.61. The number of thiazole rings is 1. The second kappa shape index (κ2) is 9.61. The third kappa shape index (κ3) is 5.10. The topological polar surface area (TPSA) is 48.5 Å². The number of hydrogen-bond acceptors (Lipinski definition) is 6. The number of hydrogen-bond donors (Lipinski definition) is 1. The fourth-order valence-electron chi connectivity index (χ4n) is 3.48. The molecule has 1 aromatic heterocycles. The minimum Gasteiger partial charge on any atom is -0.351 e. The number of benzene rings is 2. The summed E-state index contributed by atoms with van der Waals surface area (Å²) in [5, 5.41) is 4.18. The zero-order valence-corrected chi connectivity index (χ0v) is 18.3.